The molecule has 0 aliphatic rings. The standard InChI is InChI=1S/C72H140O17P2/c1-5-9-13-17-21-25-29-31-33-35-38-41-45-49-53-57-70(75)83-63-68(89-72(77)59-55-51-47-43-39-36-34-32-30-26-22-18-14-10-6-2)65-87-91(80,81)85-61-66(73)60-84-90(78,79)86-64-67(62-82-69(74)56-52-48-44-40-28-24-20-16-12-8-4)88-71(76)58-54-50-46-42-37-27-23-19-15-11-7-3/h66-68,73H,5-65H2,1-4H3,(H,78,79)(H,80,81)/t66-,67+,68+/m0/s1. The smallest absolute Gasteiger partial charge is 0.462 e. The summed E-state index contributed by atoms with van der Waals surface area (Å²) < 4.78 is 68.4. The minimum atomic E-state index is -4.95. The van der Waals surface area contributed by atoms with Crippen molar-refractivity contribution in [2.75, 3.05) is 39.6 Å². The van der Waals surface area contributed by atoms with E-state index in [2.05, 4.69) is 27.7 Å². The number of rotatable bonds is 73. The number of hydrogen-bond acceptors (Lipinski definition) is 15. The van der Waals surface area contributed by atoms with Crippen LogP contribution >= 0.6 is 15.6 Å². The number of carbonyl (C=O) groups excluding carboxylic acids is 4. The van der Waals surface area contributed by atoms with Gasteiger partial charge in [-0.05, 0) is 25.7 Å². The fourth-order valence-corrected chi connectivity index (χ4v) is 12.6. The quantitative estimate of drug-likeness (QED) is 0.0222. The molecule has 0 aromatic carbocycles. The monoisotopic (exact) mass is 1340 g/mol. The molecular formula is C72H140O17P2. The van der Waals surface area contributed by atoms with E-state index in [4.69, 9.17) is 37.0 Å². The third-order valence-electron chi connectivity index (χ3n) is 16.9. The van der Waals surface area contributed by atoms with E-state index < -0.39 is 97.5 Å². The Morgan fingerprint density at radius 2 is 0.440 bits per heavy atom. The van der Waals surface area contributed by atoms with Crippen molar-refractivity contribution in [2.45, 2.75) is 399 Å². The van der Waals surface area contributed by atoms with Crippen LogP contribution < -0.4 is 0 Å². The van der Waals surface area contributed by atoms with Gasteiger partial charge in [-0.15, -0.1) is 0 Å². The van der Waals surface area contributed by atoms with E-state index in [-0.39, 0.29) is 25.7 Å². The van der Waals surface area contributed by atoms with Crippen LogP contribution in [-0.4, -0.2) is 96.7 Å². The third kappa shape index (κ3) is 66.5. The van der Waals surface area contributed by atoms with Crippen LogP contribution in [0, 0.1) is 0 Å². The first-order chi connectivity index (χ1) is 44.2. The largest absolute Gasteiger partial charge is 0.472 e. The summed E-state index contributed by atoms with van der Waals surface area (Å²) in [7, 11) is -9.90. The number of hydrogen-bond donors (Lipinski definition) is 3. The van der Waals surface area contributed by atoms with Crippen molar-refractivity contribution >= 4 is 39.5 Å². The molecule has 19 heteroatoms. The van der Waals surface area contributed by atoms with Crippen LogP contribution in [0.1, 0.15) is 381 Å². The van der Waals surface area contributed by atoms with Crippen LogP contribution in [0.25, 0.3) is 0 Å². The van der Waals surface area contributed by atoms with Gasteiger partial charge in [-0.3, -0.25) is 37.3 Å². The summed E-state index contributed by atoms with van der Waals surface area (Å²) >= 11 is 0. The van der Waals surface area contributed by atoms with Crippen molar-refractivity contribution in [2.24, 2.45) is 0 Å². The summed E-state index contributed by atoms with van der Waals surface area (Å²) in [5.74, 6) is -2.12. The Labute approximate surface area is 556 Å². The fourth-order valence-electron chi connectivity index (χ4n) is 11.0. The number of carbonyl (C=O) groups is 4. The number of esters is 4. The highest BCUT2D eigenvalue weighted by molar-refractivity contribution is 7.47. The molecule has 5 atom stereocenters. The van der Waals surface area contributed by atoms with E-state index in [0.29, 0.717) is 25.7 Å². The molecule has 91 heavy (non-hydrogen) atoms. The molecule has 3 N–H and O–H groups in total. The number of aliphatic hydroxyl groups is 1. The highest BCUT2D eigenvalue weighted by Gasteiger charge is 2.30. The second-order valence-electron chi connectivity index (χ2n) is 26.0. The van der Waals surface area contributed by atoms with Gasteiger partial charge in [0, 0.05) is 25.7 Å². The SMILES string of the molecule is CCCCCCCCCCCCCCCCCC(=O)OC[C@H](COP(=O)(O)OC[C@@H](O)COP(=O)(O)OC[C@@H](COC(=O)CCCCCCCCCCCC)OC(=O)CCCCCCCCCCCCC)OC(=O)CCCCCCCCCCCCCCCCC. The van der Waals surface area contributed by atoms with E-state index in [9.17, 15) is 43.2 Å². The Bertz CT molecular complexity index is 1740. The second kappa shape index (κ2) is 66.7. The highest BCUT2D eigenvalue weighted by Crippen LogP contribution is 2.45. The number of aliphatic hydroxyl groups excluding tert-OH is 1. The number of phosphoric acid groups is 2. The lowest BCUT2D eigenvalue weighted by Gasteiger charge is -2.21. The number of unbranched alkanes of at least 4 members (excludes halogenated alkanes) is 47. The van der Waals surface area contributed by atoms with Crippen molar-refractivity contribution < 1.29 is 80.2 Å². The Morgan fingerprint density at radius 1 is 0.264 bits per heavy atom. The van der Waals surface area contributed by atoms with Gasteiger partial charge in [0.15, 0.2) is 12.2 Å². The number of ether oxygens (including phenoxy) is 4. The average molecular weight is 1340 g/mol. The summed E-state index contributed by atoms with van der Waals surface area (Å²) in [5, 5.41) is 10.6. The molecule has 540 valence electrons. The lowest BCUT2D eigenvalue weighted by Crippen LogP contribution is -2.30. The predicted octanol–water partition coefficient (Wildman–Crippen LogP) is 21.1. The highest BCUT2D eigenvalue weighted by atomic mass is 31.2. The average Bonchev–Trinajstić information content (AvgIpc) is 3.74. The first-order valence-electron chi connectivity index (χ1n) is 37.8. The maximum atomic E-state index is 13.0. The lowest BCUT2D eigenvalue weighted by molar-refractivity contribution is -0.161. The molecule has 0 fully saturated rings. The lowest BCUT2D eigenvalue weighted by atomic mass is 10.0. The van der Waals surface area contributed by atoms with Crippen LogP contribution in [-0.2, 0) is 65.4 Å². The van der Waals surface area contributed by atoms with Gasteiger partial charge in [-0.2, -0.15) is 0 Å². The summed E-state index contributed by atoms with van der Waals surface area (Å²) in [4.78, 5) is 72.6. The molecule has 0 aromatic rings. The van der Waals surface area contributed by atoms with E-state index in [1.165, 1.54) is 212 Å². The first kappa shape index (κ1) is 89.1. The summed E-state index contributed by atoms with van der Waals surface area (Å²) in [5.41, 5.74) is 0. The Balaban J connectivity index is 5.23. The molecule has 0 spiro atoms. The van der Waals surface area contributed by atoms with E-state index >= 15 is 0 Å². The Hall–Kier alpha value is -1.94. The Morgan fingerprint density at radius 3 is 0.648 bits per heavy atom. The molecule has 0 rings (SSSR count). The molecular weight excluding hydrogens is 1200 g/mol. The maximum absolute atomic E-state index is 13.0. The van der Waals surface area contributed by atoms with Crippen LogP contribution in [0.3, 0.4) is 0 Å². The summed E-state index contributed by atoms with van der Waals surface area (Å²) in [6, 6.07) is 0. The van der Waals surface area contributed by atoms with Crippen molar-refractivity contribution in [1.29, 1.82) is 0 Å². The summed E-state index contributed by atoms with van der Waals surface area (Å²) in [6.45, 7) is 4.96. The van der Waals surface area contributed by atoms with E-state index in [0.717, 1.165) is 89.9 Å². The maximum Gasteiger partial charge on any atom is 0.472 e. The van der Waals surface area contributed by atoms with Crippen molar-refractivity contribution in [3.63, 3.8) is 0 Å². The molecule has 0 aliphatic carbocycles. The van der Waals surface area contributed by atoms with E-state index in [1.54, 1.807) is 0 Å². The van der Waals surface area contributed by atoms with Gasteiger partial charge in [0.2, 0.25) is 0 Å². The first-order valence-corrected chi connectivity index (χ1v) is 40.8. The molecule has 0 bridgehead atoms. The molecule has 17 nitrogen and oxygen atoms in total. The van der Waals surface area contributed by atoms with Crippen LogP contribution in [0.2, 0.25) is 0 Å². The molecule has 0 saturated carbocycles. The van der Waals surface area contributed by atoms with Gasteiger partial charge in [-0.1, -0.05) is 329 Å². The molecule has 0 amide bonds. The molecule has 0 radical (unpaired) electrons. The fraction of sp³-hybridized carbons (Fsp3) is 0.944. The topological polar surface area (TPSA) is 237 Å². The van der Waals surface area contributed by atoms with Crippen LogP contribution in [0.15, 0.2) is 0 Å². The van der Waals surface area contributed by atoms with Crippen molar-refractivity contribution in [1.82, 2.24) is 0 Å². The molecule has 2 unspecified atom stereocenters. The minimum Gasteiger partial charge on any atom is -0.462 e. The summed E-state index contributed by atoms with van der Waals surface area (Å²) in [6.07, 6.45) is 55.3. The predicted molar refractivity (Wildman–Crippen MR) is 368 cm³/mol. The van der Waals surface area contributed by atoms with Crippen molar-refractivity contribution in [3.05, 3.63) is 0 Å². The molecule has 0 heterocycles. The molecule has 0 aliphatic heterocycles. The zero-order valence-electron chi connectivity index (χ0n) is 58.8. The van der Waals surface area contributed by atoms with Crippen LogP contribution in [0.4, 0.5) is 0 Å². The van der Waals surface area contributed by atoms with Gasteiger partial charge in [0.1, 0.15) is 19.3 Å². The molecule has 0 saturated heterocycles. The third-order valence-corrected chi connectivity index (χ3v) is 18.8. The number of phosphoric ester groups is 2. The zero-order valence-corrected chi connectivity index (χ0v) is 60.6. The van der Waals surface area contributed by atoms with Crippen molar-refractivity contribution in [3.8, 4) is 0 Å². The van der Waals surface area contributed by atoms with Crippen LogP contribution in [0.5, 0.6) is 0 Å². The van der Waals surface area contributed by atoms with Gasteiger partial charge in [0.05, 0.1) is 26.4 Å². The molecule has 0 aromatic heterocycles. The van der Waals surface area contributed by atoms with Gasteiger partial charge >= 0.3 is 39.5 Å². The zero-order chi connectivity index (χ0) is 66.8. The Kier molecular flexibility index (Phi) is 65.2. The van der Waals surface area contributed by atoms with Gasteiger partial charge in [-0.25, -0.2) is 9.13 Å². The minimum absolute atomic E-state index is 0.108. The second-order valence-corrected chi connectivity index (χ2v) is 28.9. The van der Waals surface area contributed by atoms with E-state index in [1.807, 2.05) is 0 Å². The van der Waals surface area contributed by atoms with Gasteiger partial charge in [0.25, 0.3) is 0 Å². The van der Waals surface area contributed by atoms with Gasteiger partial charge < -0.3 is 33.8 Å². The normalized spacial score (nSPS) is 14.0.